The molecular weight excluding hydrogens is 390 g/mol. The number of nitrogens with zero attached hydrogens (tertiary/aromatic N) is 3. The highest BCUT2D eigenvalue weighted by Gasteiger charge is 2.24. The van der Waals surface area contributed by atoms with Crippen LogP contribution in [0.25, 0.3) is 16.7 Å². The summed E-state index contributed by atoms with van der Waals surface area (Å²) in [6, 6.07) is 5.40. The molecule has 0 aliphatic heterocycles. The first-order valence-electron chi connectivity index (χ1n) is 11.4. The standard InChI is InChI=1S/C24H31N5O2/c1-3-4-5-8-13-26-23(30)18-15-19-22(29(20(18)25)17-11-6-7-12-17)27-21-16(2)10-9-14-28(21)24(19)31/h9-10,14-15,17,25H,3-8,11-13H2,1-2H3,(H,26,30). The third-order valence-corrected chi connectivity index (χ3v) is 6.33. The lowest BCUT2D eigenvalue weighted by Gasteiger charge is -2.20. The van der Waals surface area contributed by atoms with E-state index >= 15 is 0 Å². The molecule has 7 nitrogen and oxygen atoms in total. The topological polar surface area (TPSA) is 92.2 Å². The van der Waals surface area contributed by atoms with Gasteiger partial charge in [-0.3, -0.25) is 19.4 Å². The Kier molecular flexibility index (Phi) is 6.20. The Balaban J connectivity index is 1.86. The van der Waals surface area contributed by atoms with E-state index in [-0.39, 0.29) is 28.6 Å². The number of carbonyl (C=O) groups excluding carboxylic acids is 1. The van der Waals surface area contributed by atoms with E-state index in [2.05, 4.69) is 12.2 Å². The Bertz CT molecular complexity index is 1230. The Labute approximate surface area is 181 Å². The summed E-state index contributed by atoms with van der Waals surface area (Å²) in [7, 11) is 0. The number of hydrogen-bond donors (Lipinski definition) is 2. The fourth-order valence-electron chi connectivity index (χ4n) is 4.60. The van der Waals surface area contributed by atoms with Crippen LogP contribution < -0.4 is 16.4 Å². The van der Waals surface area contributed by atoms with E-state index in [9.17, 15) is 9.59 Å². The zero-order valence-electron chi connectivity index (χ0n) is 18.4. The van der Waals surface area contributed by atoms with Crippen LogP contribution >= 0.6 is 0 Å². The van der Waals surface area contributed by atoms with E-state index in [0.29, 0.717) is 23.2 Å². The molecule has 7 heteroatoms. The zero-order chi connectivity index (χ0) is 22.0. The maximum Gasteiger partial charge on any atom is 0.267 e. The van der Waals surface area contributed by atoms with E-state index in [1.165, 1.54) is 4.40 Å². The van der Waals surface area contributed by atoms with Gasteiger partial charge in [0, 0.05) is 18.8 Å². The van der Waals surface area contributed by atoms with Crippen molar-refractivity contribution >= 4 is 22.6 Å². The number of rotatable bonds is 7. The van der Waals surface area contributed by atoms with Crippen molar-refractivity contribution in [3.8, 4) is 0 Å². The molecule has 31 heavy (non-hydrogen) atoms. The molecular formula is C24H31N5O2. The van der Waals surface area contributed by atoms with Gasteiger partial charge in [-0.15, -0.1) is 0 Å². The summed E-state index contributed by atoms with van der Waals surface area (Å²) in [4.78, 5) is 31.1. The number of aromatic nitrogens is 3. The van der Waals surface area contributed by atoms with Gasteiger partial charge in [0.2, 0.25) is 0 Å². The molecule has 1 amide bonds. The Morgan fingerprint density at radius 2 is 2.00 bits per heavy atom. The minimum Gasteiger partial charge on any atom is -0.352 e. The van der Waals surface area contributed by atoms with Crippen molar-refractivity contribution in [2.75, 3.05) is 6.54 Å². The minimum atomic E-state index is -0.288. The molecule has 4 rings (SSSR count). The fraction of sp³-hybridized carbons (Fsp3) is 0.500. The van der Waals surface area contributed by atoms with Crippen LogP contribution in [0.2, 0.25) is 0 Å². The monoisotopic (exact) mass is 421 g/mol. The largest absolute Gasteiger partial charge is 0.352 e. The zero-order valence-corrected chi connectivity index (χ0v) is 18.4. The average Bonchev–Trinajstić information content (AvgIpc) is 3.28. The molecule has 3 heterocycles. The molecule has 164 valence electrons. The van der Waals surface area contributed by atoms with Gasteiger partial charge in [-0.05, 0) is 43.9 Å². The van der Waals surface area contributed by atoms with E-state index in [1.807, 2.05) is 23.6 Å². The van der Waals surface area contributed by atoms with Gasteiger partial charge < -0.3 is 9.88 Å². The van der Waals surface area contributed by atoms with Crippen LogP contribution in [-0.2, 0) is 0 Å². The second-order valence-corrected chi connectivity index (χ2v) is 8.57. The van der Waals surface area contributed by atoms with Gasteiger partial charge in [0.05, 0.1) is 10.9 Å². The Morgan fingerprint density at radius 3 is 2.74 bits per heavy atom. The number of unbranched alkanes of at least 4 members (excludes halogenated alkanes) is 3. The predicted octanol–water partition coefficient (Wildman–Crippen LogP) is 3.86. The summed E-state index contributed by atoms with van der Waals surface area (Å²) in [5.41, 5.74) is 2.21. The summed E-state index contributed by atoms with van der Waals surface area (Å²) >= 11 is 0. The molecule has 0 aromatic carbocycles. The van der Waals surface area contributed by atoms with Crippen LogP contribution in [0.1, 0.15) is 80.3 Å². The summed E-state index contributed by atoms with van der Waals surface area (Å²) in [6.07, 6.45) is 10.0. The van der Waals surface area contributed by atoms with Crippen LogP contribution in [0.3, 0.4) is 0 Å². The van der Waals surface area contributed by atoms with Gasteiger partial charge in [0.15, 0.2) is 0 Å². The molecule has 1 aliphatic rings. The van der Waals surface area contributed by atoms with Crippen molar-refractivity contribution < 1.29 is 4.79 Å². The highest BCUT2D eigenvalue weighted by molar-refractivity contribution is 5.96. The van der Waals surface area contributed by atoms with Crippen molar-refractivity contribution in [1.82, 2.24) is 19.3 Å². The van der Waals surface area contributed by atoms with Crippen LogP contribution in [0.5, 0.6) is 0 Å². The molecule has 0 unspecified atom stereocenters. The van der Waals surface area contributed by atoms with Crippen LogP contribution in [0.15, 0.2) is 29.2 Å². The molecule has 3 aromatic rings. The number of amides is 1. The Morgan fingerprint density at radius 1 is 1.23 bits per heavy atom. The molecule has 1 saturated carbocycles. The molecule has 0 saturated heterocycles. The number of hydrogen-bond acceptors (Lipinski definition) is 4. The fourth-order valence-corrected chi connectivity index (χ4v) is 4.60. The number of aryl methyl sites for hydroxylation is 1. The van der Waals surface area contributed by atoms with Gasteiger partial charge in [-0.25, -0.2) is 4.98 Å². The summed E-state index contributed by atoms with van der Waals surface area (Å²) < 4.78 is 3.37. The van der Waals surface area contributed by atoms with E-state index in [4.69, 9.17) is 10.4 Å². The average molecular weight is 422 g/mol. The predicted molar refractivity (Wildman–Crippen MR) is 122 cm³/mol. The molecule has 1 aliphatic carbocycles. The molecule has 0 bridgehead atoms. The second-order valence-electron chi connectivity index (χ2n) is 8.57. The number of carbonyl (C=O) groups is 1. The van der Waals surface area contributed by atoms with Crippen LogP contribution in [0, 0.1) is 12.3 Å². The van der Waals surface area contributed by atoms with Gasteiger partial charge in [-0.1, -0.05) is 45.1 Å². The molecule has 0 spiro atoms. The first kappa shape index (κ1) is 21.3. The van der Waals surface area contributed by atoms with Crippen LogP contribution in [0.4, 0.5) is 0 Å². The van der Waals surface area contributed by atoms with Gasteiger partial charge >= 0.3 is 0 Å². The lowest BCUT2D eigenvalue weighted by atomic mass is 10.1. The molecule has 1 fully saturated rings. The highest BCUT2D eigenvalue weighted by atomic mass is 16.1. The van der Waals surface area contributed by atoms with Crippen molar-refractivity contribution in [3.63, 3.8) is 0 Å². The first-order chi connectivity index (χ1) is 15.0. The minimum absolute atomic E-state index is 0.0886. The molecule has 0 radical (unpaired) electrons. The molecule has 2 N–H and O–H groups in total. The van der Waals surface area contributed by atoms with E-state index < -0.39 is 0 Å². The maximum absolute atomic E-state index is 13.3. The lowest BCUT2D eigenvalue weighted by molar-refractivity contribution is 0.0950. The quantitative estimate of drug-likeness (QED) is 0.448. The Hall–Kier alpha value is -2.96. The van der Waals surface area contributed by atoms with Crippen molar-refractivity contribution in [3.05, 3.63) is 51.4 Å². The maximum atomic E-state index is 13.3. The summed E-state index contributed by atoms with van der Waals surface area (Å²) in [5.74, 6) is -0.288. The lowest BCUT2D eigenvalue weighted by Crippen LogP contribution is -2.36. The van der Waals surface area contributed by atoms with E-state index in [1.54, 1.807) is 12.3 Å². The number of nitrogens with one attached hydrogen (secondary N) is 2. The molecule has 3 aromatic heterocycles. The van der Waals surface area contributed by atoms with Crippen LogP contribution in [-0.4, -0.2) is 26.4 Å². The second kappa shape index (κ2) is 9.04. The van der Waals surface area contributed by atoms with Crippen molar-refractivity contribution in [2.24, 2.45) is 0 Å². The summed E-state index contributed by atoms with van der Waals surface area (Å²) in [6.45, 7) is 4.66. The number of fused-ring (bicyclic) bond motifs is 2. The highest BCUT2D eigenvalue weighted by Crippen LogP contribution is 2.30. The first-order valence-corrected chi connectivity index (χ1v) is 11.4. The third-order valence-electron chi connectivity index (χ3n) is 6.33. The van der Waals surface area contributed by atoms with Gasteiger partial charge in [0.1, 0.15) is 16.8 Å². The number of pyridine rings is 2. The van der Waals surface area contributed by atoms with Gasteiger partial charge in [0.25, 0.3) is 11.5 Å². The smallest absolute Gasteiger partial charge is 0.267 e. The summed E-state index contributed by atoms with van der Waals surface area (Å²) in [5, 5.41) is 12.2. The van der Waals surface area contributed by atoms with Gasteiger partial charge in [-0.2, -0.15) is 0 Å². The van der Waals surface area contributed by atoms with Crippen molar-refractivity contribution in [1.29, 1.82) is 5.41 Å². The van der Waals surface area contributed by atoms with E-state index in [0.717, 1.165) is 56.9 Å². The molecule has 0 atom stereocenters. The van der Waals surface area contributed by atoms with Crippen molar-refractivity contribution in [2.45, 2.75) is 71.3 Å². The third kappa shape index (κ3) is 4.01. The SMILES string of the molecule is CCCCCCNC(=O)c1cc2c(=O)n3cccc(C)c3nc2n(C2CCCC2)c1=N. The normalized spacial score (nSPS) is 14.5.